The van der Waals surface area contributed by atoms with Crippen molar-refractivity contribution in [1.29, 1.82) is 0 Å². The number of carbonyl (C=O) groups is 1. The Labute approximate surface area is 162 Å². The van der Waals surface area contributed by atoms with Gasteiger partial charge in [-0.15, -0.1) is 0 Å². The minimum Gasteiger partial charge on any atom is -0.478 e. The lowest BCUT2D eigenvalue weighted by atomic mass is 10.2. The van der Waals surface area contributed by atoms with Crippen LogP contribution in [0.1, 0.15) is 24.2 Å². The standard InChI is InChI=1S/C16H12F4N4O3.C2H6/c17-8-1-2-12-10(5-8)14(23-24(12)7-13(25)16(18,19)20)22-11-6-21-4-3-9(11)15(26)27;1-2/h1-6,13,25H,7H2,(H,22,23)(H,26,27);1-2H3. The van der Waals surface area contributed by atoms with E-state index in [0.717, 1.165) is 16.8 Å². The molecular weight excluding hydrogens is 396 g/mol. The van der Waals surface area contributed by atoms with Gasteiger partial charge in [-0.1, -0.05) is 13.8 Å². The van der Waals surface area contributed by atoms with Gasteiger partial charge >= 0.3 is 12.1 Å². The number of aliphatic hydroxyl groups excluding tert-OH is 1. The second kappa shape index (κ2) is 8.86. The molecule has 0 aliphatic carbocycles. The molecular formula is C18H18F4N4O3. The van der Waals surface area contributed by atoms with Crippen molar-refractivity contribution in [3.63, 3.8) is 0 Å². The van der Waals surface area contributed by atoms with Crippen LogP contribution in [0.4, 0.5) is 29.1 Å². The number of aliphatic hydroxyl groups is 1. The summed E-state index contributed by atoms with van der Waals surface area (Å²) in [5, 5.41) is 25.2. The third kappa shape index (κ3) is 4.99. The zero-order chi connectivity index (χ0) is 21.8. The van der Waals surface area contributed by atoms with Gasteiger partial charge in [-0.05, 0) is 24.3 Å². The summed E-state index contributed by atoms with van der Waals surface area (Å²) in [5.41, 5.74) is -0.000393. The zero-order valence-corrected chi connectivity index (χ0v) is 15.4. The first kappa shape index (κ1) is 22.1. The van der Waals surface area contributed by atoms with E-state index in [1.807, 2.05) is 13.8 Å². The Hall–Kier alpha value is -3.21. The van der Waals surface area contributed by atoms with Crippen LogP contribution in [0.5, 0.6) is 0 Å². The van der Waals surface area contributed by atoms with E-state index in [0.29, 0.717) is 0 Å². The molecule has 2 heterocycles. The number of pyridine rings is 1. The van der Waals surface area contributed by atoms with Crippen molar-refractivity contribution in [3.8, 4) is 0 Å². The zero-order valence-electron chi connectivity index (χ0n) is 15.4. The second-order valence-electron chi connectivity index (χ2n) is 5.60. The van der Waals surface area contributed by atoms with Crippen molar-refractivity contribution in [1.82, 2.24) is 14.8 Å². The first-order valence-electron chi connectivity index (χ1n) is 8.52. The number of benzene rings is 1. The predicted octanol–water partition coefficient (Wildman–Crippen LogP) is 3.96. The van der Waals surface area contributed by atoms with Crippen molar-refractivity contribution < 1.29 is 32.6 Å². The Balaban J connectivity index is 0.00000145. The molecule has 2 aromatic heterocycles. The average Bonchev–Trinajstić information content (AvgIpc) is 2.99. The topological polar surface area (TPSA) is 100 Å². The van der Waals surface area contributed by atoms with Gasteiger partial charge in [0.15, 0.2) is 11.9 Å². The second-order valence-corrected chi connectivity index (χ2v) is 5.60. The van der Waals surface area contributed by atoms with Gasteiger partial charge in [0.1, 0.15) is 5.82 Å². The molecule has 0 aliphatic heterocycles. The molecule has 1 aromatic carbocycles. The summed E-state index contributed by atoms with van der Waals surface area (Å²) in [7, 11) is 0. The first-order valence-corrected chi connectivity index (χ1v) is 8.52. The number of rotatable bonds is 5. The Morgan fingerprint density at radius 2 is 1.97 bits per heavy atom. The molecule has 3 aromatic rings. The lowest BCUT2D eigenvalue weighted by Crippen LogP contribution is -2.33. The van der Waals surface area contributed by atoms with Gasteiger partial charge in [-0.2, -0.15) is 18.3 Å². The molecule has 0 aliphatic rings. The van der Waals surface area contributed by atoms with E-state index in [-0.39, 0.29) is 28.0 Å². The number of halogens is 4. The number of carboxylic acids is 1. The van der Waals surface area contributed by atoms with Gasteiger partial charge in [-0.3, -0.25) is 9.67 Å². The number of nitrogens with one attached hydrogen (secondary N) is 1. The van der Waals surface area contributed by atoms with Gasteiger partial charge in [0.2, 0.25) is 0 Å². The molecule has 3 rings (SSSR count). The van der Waals surface area contributed by atoms with E-state index in [1.54, 1.807) is 0 Å². The van der Waals surface area contributed by atoms with E-state index in [2.05, 4.69) is 15.4 Å². The Kier molecular flexibility index (Phi) is 6.75. The van der Waals surface area contributed by atoms with Crippen LogP contribution in [-0.2, 0) is 6.54 Å². The molecule has 0 spiro atoms. The van der Waals surface area contributed by atoms with E-state index < -0.39 is 30.6 Å². The molecule has 29 heavy (non-hydrogen) atoms. The fourth-order valence-electron chi connectivity index (χ4n) is 2.46. The number of aromatic carboxylic acids is 1. The average molecular weight is 414 g/mol. The number of carboxylic acid groups (broad SMARTS) is 1. The van der Waals surface area contributed by atoms with Crippen LogP contribution in [0.2, 0.25) is 0 Å². The van der Waals surface area contributed by atoms with Crippen molar-refractivity contribution in [3.05, 3.63) is 48.0 Å². The van der Waals surface area contributed by atoms with Gasteiger partial charge < -0.3 is 15.5 Å². The molecule has 0 saturated carbocycles. The molecule has 7 nitrogen and oxygen atoms in total. The molecule has 0 amide bonds. The highest BCUT2D eigenvalue weighted by Gasteiger charge is 2.39. The van der Waals surface area contributed by atoms with Crippen LogP contribution in [0.25, 0.3) is 10.9 Å². The van der Waals surface area contributed by atoms with Crippen LogP contribution >= 0.6 is 0 Å². The molecule has 11 heteroatoms. The predicted molar refractivity (Wildman–Crippen MR) is 97.6 cm³/mol. The van der Waals surface area contributed by atoms with Crippen LogP contribution in [-0.4, -0.2) is 43.2 Å². The molecule has 1 atom stereocenters. The van der Waals surface area contributed by atoms with Crippen molar-refractivity contribution in [2.24, 2.45) is 0 Å². The largest absolute Gasteiger partial charge is 0.478 e. The summed E-state index contributed by atoms with van der Waals surface area (Å²) in [6.45, 7) is 3.09. The van der Waals surface area contributed by atoms with E-state index in [9.17, 15) is 32.6 Å². The van der Waals surface area contributed by atoms with Gasteiger partial charge in [0.05, 0.1) is 29.5 Å². The third-order valence-corrected chi connectivity index (χ3v) is 3.74. The lowest BCUT2D eigenvalue weighted by Gasteiger charge is -2.14. The summed E-state index contributed by atoms with van der Waals surface area (Å²) in [6.07, 6.45) is -5.08. The highest BCUT2D eigenvalue weighted by atomic mass is 19.4. The normalized spacial score (nSPS) is 12.2. The van der Waals surface area contributed by atoms with Crippen LogP contribution in [0, 0.1) is 5.82 Å². The van der Waals surface area contributed by atoms with Crippen LogP contribution < -0.4 is 5.32 Å². The summed E-state index contributed by atoms with van der Waals surface area (Å²) in [6, 6.07) is 4.51. The molecule has 3 N–H and O–H groups in total. The summed E-state index contributed by atoms with van der Waals surface area (Å²) in [5.74, 6) is -2.00. The Morgan fingerprint density at radius 3 is 2.59 bits per heavy atom. The van der Waals surface area contributed by atoms with Crippen LogP contribution in [0.15, 0.2) is 36.7 Å². The van der Waals surface area contributed by atoms with Crippen molar-refractivity contribution in [2.45, 2.75) is 32.7 Å². The molecule has 1 unspecified atom stereocenters. The van der Waals surface area contributed by atoms with Crippen molar-refractivity contribution in [2.75, 3.05) is 5.32 Å². The molecule has 156 valence electrons. The van der Waals surface area contributed by atoms with Gasteiger partial charge in [0, 0.05) is 11.6 Å². The number of alkyl halides is 3. The number of hydrogen-bond acceptors (Lipinski definition) is 5. The highest BCUT2D eigenvalue weighted by Crippen LogP contribution is 2.29. The third-order valence-electron chi connectivity index (χ3n) is 3.74. The molecule has 0 radical (unpaired) electrons. The Bertz CT molecular complexity index is 1000. The summed E-state index contributed by atoms with van der Waals surface area (Å²) < 4.78 is 52.5. The minimum absolute atomic E-state index is 0.0252. The van der Waals surface area contributed by atoms with Crippen LogP contribution in [0.3, 0.4) is 0 Å². The summed E-state index contributed by atoms with van der Waals surface area (Å²) in [4.78, 5) is 15.1. The number of aromatic nitrogens is 3. The lowest BCUT2D eigenvalue weighted by molar-refractivity contribution is -0.207. The molecule has 0 saturated heterocycles. The SMILES string of the molecule is CC.O=C(O)c1ccncc1Nc1nn(CC(O)C(F)(F)F)c2ccc(F)cc12. The highest BCUT2D eigenvalue weighted by molar-refractivity contribution is 5.97. The molecule has 0 fully saturated rings. The number of fused-ring (bicyclic) bond motifs is 1. The maximum atomic E-state index is 13.6. The maximum absolute atomic E-state index is 13.6. The maximum Gasteiger partial charge on any atom is 0.416 e. The number of anilines is 2. The smallest absolute Gasteiger partial charge is 0.416 e. The summed E-state index contributed by atoms with van der Waals surface area (Å²) >= 11 is 0. The monoisotopic (exact) mass is 414 g/mol. The van der Waals surface area contributed by atoms with E-state index >= 15 is 0 Å². The quantitative estimate of drug-likeness (QED) is 0.547. The number of hydrogen-bond donors (Lipinski definition) is 3. The Morgan fingerprint density at radius 1 is 1.28 bits per heavy atom. The fourth-order valence-corrected chi connectivity index (χ4v) is 2.46. The minimum atomic E-state index is -4.86. The van der Waals surface area contributed by atoms with Gasteiger partial charge in [-0.25, -0.2) is 9.18 Å². The molecule has 0 bridgehead atoms. The fraction of sp³-hybridized carbons (Fsp3) is 0.278. The van der Waals surface area contributed by atoms with Crippen molar-refractivity contribution >= 4 is 28.4 Å². The van der Waals surface area contributed by atoms with Gasteiger partial charge in [0.25, 0.3) is 0 Å². The first-order chi connectivity index (χ1) is 13.7. The van der Waals surface area contributed by atoms with E-state index in [4.69, 9.17) is 0 Å². The van der Waals surface area contributed by atoms with E-state index in [1.165, 1.54) is 24.5 Å². The number of nitrogens with zero attached hydrogens (tertiary/aromatic N) is 3.